The number of carboxylic acids is 1. The van der Waals surface area contributed by atoms with Crippen molar-refractivity contribution in [2.24, 2.45) is 0 Å². The van der Waals surface area contributed by atoms with Gasteiger partial charge in [-0.3, -0.25) is 24.6 Å². The number of carbonyl (C=O) groups excluding carboxylic acids is 3. The molecule has 204 valence electrons. The Hall–Kier alpha value is -4.55. The molecular weight excluding hydrogens is 602 g/mol. The van der Waals surface area contributed by atoms with Crippen molar-refractivity contribution < 1.29 is 33.8 Å². The third kappa shape index (κ3) is 6.35. The highest BCUT2D eigenvalue weighted by molar-refractivity contribution is 9.10. The van der Waals surface area contributed by atoms with E-state index in [9.17, 15) is 24.3 Å². The number of hydrogen-bond donors (Lipinski definition) is 3. The fraction of sp³-hybridized carbons (Fsp3) is 0.107. The summed E-state index contributed by atoms with van der Waals surface area (Å²) in [4.78, 5) is 50.9. The van der Waals surface area contributed by atoms with E-state index >= 15 is 0 Å². The Morgan fingerprint density at radius 3 is 2.50 bits per heavy atom. The summed E-state index contributed by atoms with van der Waals surface area (Å²) in [5.41, 5.74) is 1.99. The summed E-state index contributed by atoms with van der Waals surface area (Å²) >= 11 is 8.60. The van der Waals surface area contributed by atoms with Crippen molar-refractivity contribution >= 4 is 74.4 Å². The molecule has 3 amide bonds. The van der Waals surface area contributed by atoms with Crippen LogP contribution in [-0.4, -0.2) is 47.6 Å². The molecular formula is C28H22BrN3O7S. The second kappa shape index (κ2) is 12.1. The van der Waals surface area contributed by atoms with Crippen LogP contribution in [0.4, 0.5) is 11.4 Å². The predicted octanol–water partition coefficient (Wildman–Crippen LogP) is 4.31. The summed E-state index contributed by atoms with van der Waals surface area (Å²) < 4.78 is 11.5. The first-order valence-corrected chi connectivity index (χ1v) is 12.9. The van der Waals surface area contributed by atoms with Gasteiger partial charge in [-0.1, -0.05) is 39.7 Å². The second-order valence-corrected chi connectivity index (χ2v) is 9.78. The molecule has 0 saturated carbocycles. The van der Waals surface area contributed by atoms with Gasteiger partial charge in [0.05, 0.1) is 18.4 Å². The average Bonchev–Trinajstić information content (AvgIpc) is 2.92. The van der Waals surface area contributed by atoms with E-state index in [2.05, 4.69) is 26.6 Å². The van der Waals surface area contributed by atoms with Gasteiger partial charge >= 0.3 is 5.97 Å². The number of carbonyl (C=O) groups is 4. The molecule has 0 unspecified atom stereocenters. The van der Waals surface area contributed by atoms with Crippen molar-refractivity contribution in [3.8, 4) is 11.5 Å². The van der Waals surface area contributed by atoms with Crippen molar-refractivity contribution in [1.82, 2.24) is 5.32 Å². The number of halogens is 1. The number of methoxy groups -OCH3 is 1. The molecule has 1 heterocycles. The van der Waals surface area contributed by atoms with Crippen LogP contribution in [0.2, 0.25) is 0 Å². The van der Waals surface area contributed by atoms with E-state index in [0.717, 1.165) is 10.5 Å². The minimum Gasteiger partial charge on any atom is -0.493 e. The van der Waals surface area contributed by atoms with E-state index in [1.807, 2.05) is 19.1 Å². The molecule has 3 N–H and O–H groups in total. The van der Waals surface area contributed by atoms with Crippen LogP contribution in [-0.2, 0) is 14.4 Å². The highest BCUT2D eigenvalue weighted by Crippen LogP contribution is 2.35. The fourth-order valence-corrected chi connectivity index (χ4v) is 4.45. The second-order valence-electron chi connectivity index (χ2n) is 8.54. The maximum Gasteiger partial charge on any atom is 0.335 e. The molecule has 1 aliphatic rings. The summed E-state index contributed by atoms with van der Waals surface area (Å²) in [6, 6.07) is 16.0. The molecule has 12 heteroatoms. The summed E-state index contributed by atoms with van der Waals surface area (Å²) in [5, 5.41) is 14.3. The number of anilines is 2. The fourth-order valence-electron chi connectivity index (χ4n) is 3.74. The number of ether oxygens (including phenoxy) is 2. The Kier molecular flexibility index (Phi) is 8.61. The van der Waals surface area contributed by atoms with Crippen LogP contribution in [0.1, 0.15) is 21.5 Å². The third-order valence-electron chi connectivity index (χ3n) is 5.73. The largest absolute Gasteiger partial charge is 0.493 e. The van der Waals surface area contributed by atoms with Gasteiger partial charge in [0, 0.05) is 10.2 Å². The molecule has 0 spiro atoms. The number of rotatable bonds is 8. The smallest absolute Gasteiger partial charge is 0.335 e. The summed E-state index contributed by atoms with van der Waals surface area (Å²) in [6.45, 7) is 1.65. The summed E-state index contributed by atoms with van der Waals surface area (Å²) in [5.74, 6) is -2.51. The Morgan fingerprint density at radius 2 is 1.82 bits per heavy atom. The zero-order chi connectivity index (χ0) is 29.0. The normalized spacial score (nSPS) is 14.1. The molecule has 0 atom stereocenters. The van der Waals surface area contributed by atoms with Gasteiger partial charge < -0.3 is 19.9 Å². The first-order valence-electron chi connectivity index (χ1n) is 11.7. The van der Waals surface area contributed by atoms with E-state index in [4.69, 9.17) is 21.7 Å². The van der Waals surface area contributed by atoms with Crippen molar-refractivity contribution in [1.29, 1.82) is 0 Å². The van der Waals surface area contributed by atoms with E-state index in [0.29, 0.717) is 15.7 Å². The van der Waals surface area contributed by atoms with Gasteiger partial charge in [-0.05, 0) is 73.2 Å². The highest BCUT2D eigenvalue weighted by atomic mass is 79.9. The number of aromatic carboxylic acids is 1. The highest BCUT2D eigenvalue weighted by Gasteiger charge is 2.35. The lowest BCUT2D eigenvalue weighted by atomic mass is 10.1. The molecule has 0 bridgehead atoms. The van der Waals surface area contributed by atoms with Gasteiger partial charge in [-0.2, -0.15) is 0 Å². The average molecular weight is 624 g/mol. The molecule has 3 aromatic carbocycles. The van der Waals surface area contributed by atoms with Gasteiger partial charge in [-0.25, -0.2) is 4.79 Å². The Labute approximate surface area is 242 Å². The van der Waals surface area contributed by atoms with Gasteiger partial charge in [0.2, 0.25) is 0 Å². The molecule has 40 heavy (non-hydrogen) atoms. The maximum atomic E-state index is 13.4. The maximum absolute atomic E-state index is 13.4. The van der Waals surface area contributed by atoms with Crippen LogP contribution in [0.25, 0.3) is 6.08 Å². The first-order chi connectivity index (χ1) is 19.1. The van der Waals surface area contributed by atoms with Crippen molar-refractivity contribution in [3.63, 3.8) is 0 Å². The summed E-state index contributed by atoms with van der Waals surface area (Å²) in [7, 11) is 1.41. The van der Waals surface area contributed by atoms with Crippen LogP contribution in [0.3, 0.4) is 0 Å². The Bertz CT molecular complexity index is 1570. The van der Waals surface area contributed by atoms with Crippen molar-refractivity contribution in [2.75, 3.05) is 23.9 Å². The number of amides is 3. The SMILES string of the molecule is COc1cc(C=C2C(=O)NC(=S)N(c3cccc(C(=O)O)c3)C2=O)c(Br)cc1OCC(=O)Nc1ccc(C)cc1. The molecule has 3 aromatic rings. The van der Waals surface area contributed by atoms with E-state index in [1.54, 1.807) is 18.2 Å². The van der Waals surface area contributed by atoms with Gasteiger partial charge in [0.15, 0.2) is 23.2 Å². The molecule has 0 aliphatic carbocycles. The van der Waals surface area contributed by atoms with Crippen LogP contribution in [0.5, 0.6) is 11.5 Å². The van der Waals surface area contributed by atoms with Crippen LogP contribution >= 0.6 is 28.1 Å². The van der Waals surface area contributed by atoms with Crippen LogP contribution in [0, 0.1) is 6.92 Å². The first kappa shape index (κ1) is 28.5. The summed E-state index contributed by atoms with van der Waals surface area (Å²) in [6.07, 6.45) is 1.34. The Balaban J connectivity index is 1.57. The van der Waals surface area contributed by atoms with Gasteiger partial charge in [0.25, 0.3) is 17.7 Å². The lowest BCUT2D eigenvalue weighted by molar-refractivity contribution is -0.122. The van der Waals surface area contributed by atoms with E-state index in [-0.39, 0.29) is 45.9 Å². The zero-order valence-corrected chi connectivity index (χ0v) is 23.6. The van der Waals surface area contributed by atoms with E-state index in [1.165, 1.54) is 43.5 Å². The van der Waals surface area contributed by atoms with Crippen molar-refractivity contribution in [3.05, 3.63) is 87.4 Å². The lowest BCUT2D eigenvalue weighted by Crippen LogP contribution is -2.54. The van der Waals surface area contributed by atoms with Gasteiger partial charge in [-0.15, -0.1) is 0 Å². The molecule has 10 nitrogen and oxygen atoms in total. The van der Waals surface area contributed by atoms with E-state index < -0.39 is 17.8 Å². The number of nitrogens with zero attached hydrogens (tertiary/aromatic N) is 1. The van der Waals surface area contributed by atoms with Gasteiger partial charge in [0.1, 0.15) is 5.57 Å². The molecule has 1 aliphatic heterocycles. The molecule has 4 rings (SSSR count). The standard InChI is InChI=1S/C28H22BrN3O7S/c1-15-6-8-18(9-7-15)30-24(33)14-39-23-13-21(29)17(12-22(23)38-2)11-20-25(34)31-28(40)32(26(20)35)19-5-3-4-16(10-19)27(36)37/h3-13H,14H2,1-2H3,(H,30,33)(H,36,37)(H,31,34,40). The van der Waals surface area contributed by atoms with Crippen LogP contribution in [0.15, 0.2) is 70.7 Å². The quantitative estimate of drug-likeness (QED) is 0.192. The van der Waals surface area contributed by atoms with Crippen molar-refractivity contribution in [2.45, 2.75) is 6.92 Å². The number of nitrogens with one attached hydrogen (secondary N) is 2. The number of thiocarbonyl (C=S) groups is 1. The monoisotopic (exact) mass is 623 g/mol. The number of hydrogen-bond acceptors (Lipinski definition) is 7. The molecule has 1 saturated heterocycles. The predicted molar refractivity (Wildman–Crippen MR) is 156 cm³/mol. The molecule has 0 radical (unpaired) electrons. The lowest BCUT2D eigenvalue weighted by Gasteiger charge is -2.29. The number of benzene rings is 3. The number of carboxylic acid groups (broad SMARTS) is 1. The Morgan fingerprint density at radius 1 is 1.10 bits per heavy atom. The van der Waals surface area contributed by atoms with Crippen LogP contribution < -0.4 is 25.0 Å². The molecule has 0 aromatic heterocycles. The third-order valence-corrected chi connectivity index (χ3v) is 6.70. The minimum absolute atomic E-state index is 0.0499. The minimum atomic E-state index is -1.18. The topological polar surface area (TPSA) is 134 Å². The number of aryl methyl sites for hydroxylation is 1. The zero-order valence-electron chi connectivity index (χ0n) is 21.2. The molecule has 1 fully saturated rings.